The van der Waals surface area contributed by atoms with Gasteiger partial charge in [0.25, 0.3) is 5.91 Å². The molecule has 5 nitrogen and oxygen atoms in total. The second-order valence-corrected chi connectivity index (χ2v) is 5.11. The van der Waals surface area contributed by atoms with Crippen LogP contribution in [0.3, 0.4) is 0 Å². The van der Waals surface area contributed by atoms with Gasteiger partial charge in [-0.3, -0.25) is 4.79 Å². The lowest BCUT2D eigenvalue weighted by atomic mass is 10.2. The molecule has 0 unspecified atom stereocenters. The van der Waals surface area contributed by atoms with Gasteiger partial charge in [-0.05, 0) is 31.2 Å². The molecular weight excluding hydrogens is 351 g/mol. The van der Waals surface area contributed by atoms with Crippen LogP contribution in [0.5, 0.6) is 0 Å². The monoisotopic (exact) mass is 361 g/mol. The van der Waals surface area contributed by atoms with Crippen molar-refractivity contribution in [2.75, 3.05) is 11.9 Å². The van der Waals surface area contributed by atoms with Crippen LogP contribution < -0.4 is 5.32 Å². The van der Waals surface area contributed by atoms with Crippen molar-refractivity contribution in [2.24, 2.45) is 0 Å². The van der Waals surface area contributed by atoms with Gasteiger partial charge >= 0.3 is 12.1 Å². The summed E-state index contributed by atoms with van der Waals surface area (Å²) in [6.07, 6.45) is -3.29. The number of nitrogens with one attached hydrogen (secondary N) is 1. The number of carbonyl (C=O) groups is 2. The Labute approximate surface area is 139 Å². The van der Waals surface area contributed by atoms with E-state index in [0.717, 1.165) is 12.1 Å². The SMILES string of the molecule is Cc1occc1C(=O)OCC(=O)Nc1cc(C(F)(F)F)ccc1Cl. The molecule has 0 radical (unpaired) electrons. The molecule has 0 aliphatic heterocycles. The van der Waals surface area contributed by atoms with Crippen LogP contribution in [0, 0.1) is 6.92 Å². The Balaban J connectivity index is 2.00. The molecule has 2 aromatic rings. The Morgan fingerprint density at radius 2 is 2.00 bits per heavy atom. The van der Waals surface area contributed by atoms with Crippen LogP contribution in [0.4, 0.5) is 18.9 Å². The number of esters is 1. The third kappa shape index (κ3) is 4.29. The number of alkyl halides is 3. The van der Waals surface area contributed by atoms with Crippen LogP contribution in [-0.2, 0) is 15.7 Å². The van der Waals surface area contributed by atoms with Crippen LogP contribution in [0.15, 0.2) is 34.9 Å². The number of hydrogen-bond donors (Lipinski definition) is 1. The summed E-state index contributed by atoms with van der Waals surface area (Å²) in [6.45, 7) is 0.856. The molecule has 0 fully saturated rings. The summed E-state index contributed by atoms with van der Waals surface area (Å²) in [5.41, 5.74) is -1.04. The lowest BCUT2D eigenvalue weighted by Gasteiger charge is -2.11. The number of ether oxygens (including phenoxy) is 1. The molecule has 1 aromatic carbocycles. The zero-order chi connectivity index (χ0) is 17.9. The molecule has 0 spiro atoms. The highest BCUT2D eigenvalue weighted by molar-refractivity contribution is 6.33. The van der Waals surface area contributed by atoms with Gasteiger partial charge in [-0.1, -0.05) is 11.6 Å². The minimum Gasteiger partial charge on any atom is -0.469 e. The van der Waals surface area contributed by atoms with Crippen LogP contribution in [0.1, 0.15) is 21.7 Å². The van der Waals surface area contributed by atoms with Crippen molar-refractivity contribution in [3.8, 4) is 0 Å². The molecule has 1 aromatic heterocycles. The average molecular weight is 362 g/mol. The highest BCUT2D eigenvalue weighted by atomic mass is 35.5. The number of furan rings is 1. The highest BCUT2D eigenvalue weighted by Crippen LogP contribution is 2.33. The first-order valence-corrected chi connectivity index (χ1v) is 6.94. The lowest BCUT2D eigenvalue weighted by Crippen LogP contribution is -2.21. The number of halogens is 4. The molecule has 1 amide bonds. The quantitative estimate of drug-likeness (QED) is 0.834. The van der Waals surface area contributed by atoms with Gasteiger partial charge in [-0.15, -0.1) is 0 Å². The minimum absolute atomic E-state index is 0.0756. The molecule has 128 valence electrons. The number of anilines is 1. The van der Waals surface area contributed by atoms with E-state index in [0.29, 0.717) is 11.8 Å². The van der Waals surface area contributed by atoms with Gasteiger partial charge in [-0.2, -0.15) is 13.2 Å². The summed E-state index contributed by atoms with van der Waals surface area (Å²) >= 11 is 5.75. The van der Waals surface area contributed by atoms with Crippen molar-refractivity contribution < 1.29 is 31.9 Å². The summed E-state index contributed by atoms with van der Waals surface area (Å²) in [6, 6.07) is 3.88. The highest BCUT2D eigenvalue weighted by Gasteiger charge is 2.31. The molecule has 1 heterocycles. The first kappa shape index (κ1) is 17.9. The number of rotatable bonds is 4. The van der Waals surface area contributed by atoms with E-state index in [9.17, 15) is 22.8 Å². The number of hydrogen-bond acceptors (Lipinski definition) is 4. The molecule has 0 bridgehead atoms. The van der Waals surface area contributed by atoms with Gasteiger partial charge in [0.1, 0.15) is 11.3 Å². The van der Waals surface area contributed by atoms with Gasteiger partial charge in [0.05, 0.1) is 22.5 Å². The molecule has 2 rings (SSSR count). The minimum atomic E-state index is -4.57. The number of amides is 1. The predicted octanol–water partition coefficient (Wildman–Crippen LogP) is 4.06. The first-order chi connectivity index (χ1) is 11.2. The third-order valence-electron chi connectivity index (χ3n) is 2.98. The van der Waals surface area contributed by atoms with Crippen LogP contribution in [-0.4, -0.2) is 18.5 Å². The maximum Gasteiger partial charge on any atom is 0.416 e. The van der Waals surface area contributed by atoms with Crippen molar-refractivity contribution in [1.29, 1.82) is 0 Å². The zero-order valence-corrected chi connectivity index (χ0v) is 13.0. The fourth-order valence-corrected chi connectivity index (χ4v) is 1.95. The second kappa shape index (κ2) is 6.96. The molecule has 0 aliphatic rings. The zero-order valence-electron chi connectivity index (χ0n) is 12.2. The van der Waals surface area contributed by atoms with E-state index < -0.39 is 30.2 Å². The third-order valence-corrected chi connectivity index (χ3v) is 3.31. The maximum atomic E-state index is 12.7. The Bertz CT molecular complexity index is 770. The van der Waals surface area contributed by atoms with Gasteiger partial charge in [0.2, 0.25) is 0 Å². The molecule has 0 aliphatic carbocycles. The van der Waals surface area contributed by atoms with Crippen molar-refractivity contribution in [1.82, 2.24) is 0 Å². The van der Waals surface area contributed by atoms with E-state index in [1.54, 1.807) is 6.92 Å². The molecule has 9 heteroatoms. The predicted molar refractivity (Wildman–Crippen MR) is 78.8 cm³/mol. The standard InChI is InChI=1S/C15H11ClF3NO4/c1-8-10(4-5-23-8)14(22)24-7-13(21)20-12-6-9(15(17,18)19)2-3-11(12)16/h2-6H,7H2,1H3,(H,20,21). The maximum absolute atomic E-state index is 12.7. The van der Waals surface area contributed by atoms with E-state index in [4.69, 9.17) is 20.8 Å². The lowest BCUT2D eigenvalue weighted by molar-refractivity contribution is -0.137. The largest absolute Gasteiger partial charge is 0.469 e. The molecular formula is C15H11ClF3NO4. The van der Waals surface area contributed by atoms with Crippen molar-refractivity contribution in [3.63, 3.8) is 0 Å². The Hall–Kier alpha value is -2.48. The molecule has 0 atom stereocenters. The van der Waals surface area contributed by atoms with E-state index >= 15 is 0 Å². The van der Waals surface area contributed by atoms with Gasteiger partial charge < -0.3 is 14.5 Å². The smallest absolute Gasteiger partial charge is 0.416 e. The van der Waals surface area contributed by atoms with Gasteiger partial charge in [0, 0.05) is 0 Å². The van der Waals surface area contributed by atoms with Crippen LogP contribution >= 0.6 is 11.6 Å². The number of benzene rings is 1. The second-order valence-electron chi connectivity index (χ2n) is 4.71. The fraction of sp³-hybridized carbons (Fsp3) is 0.200. The number of aryl methyl sites for hydroxylation is 1. The van der Waals surface area contributed by atoms with E-state index in [1.807, 2.05) is 0 Å². The Morgan fingerprint density at radius 1 is 1.29 bits per heavy atom. The van der Waals surface area contributed by atoms with E-state index in [1.165, 1.54) is 12.3 Å². The van der Waals surface area contributed by atoms with E-state index in [2.05, 4.69) is 5.32 Å². The Morgan fingerprint density at radius 3 is 2.58 bits per heavy atom. The van der Waals surface area contributed by atoms with Crippen molar-refractivity contribution in [3.05, 3.63) is 52.4 Å². The summed E-state index contributed by atoms with van der Waals surface area (Å²) in [4.78, 5) is 23.4. The Kier molecular flexibility index (Phi) is 5.18. The number of carbonyl (C=O) groups excluding carboxylic acids is 2. The first-order valence-electron chi connectivity index (χ1n) is 6.56. The van der Waals surface area contributed by atoms with Gasteiger partial charge in [-0.25, -0.2) is 4.79 Å². The molecule has 24 heavy (non-hydrogen) atoms. The normalized spacial score (nSPS) is 11.2. The summed E-state index contributed by atoms with van der Waals surface area (Å²) < 4.78 is 47.6. The molecule has 0 saturated heterocycles. The van der Waals surface area contributed by atoms with Crippen molar-refractivity contribution in [2.45, 2.75) is 13.1 Å². The summed E-state index contributed by atoms with van der Waals surface area (Å²) in [7, 11) is 0. The fourth-order valence-electron chi connectivity index (χ4n) is 1.79. The van der Waals surface area contributed by atoms with E-state index in [-0.39, 0.29) is 16.3 Å². The molecule has 0 saturated carbocycles. The molecule has 1 N–H and O–H groups in total. The van der Waals surface area contributed by atoms with Crippen LogP contribution in [0.25, 0.3) is 0 Å². The van der Waals surface area contributed by atoms with Crippen molar-refractivity contribution >= 4 is 29.2 Å². The average Bonchev–Trinajstić information content (AvgIpc) is 2.92. The topological polar surface area (TPSA) is 68.5 Å². The van der Waals surface area contributed by atoms with Gasteiger partial charge in [0.15, 0.2) is 6.61 Å². The van der Waals surface area contributed by atoms with Crippen LogP contribution in [0.2, 0.25) is 5.02 Å². The summed E-state index contributed by atoms with van der Waals surface area (Å²) in [5.74, 6) is -1.29. The summed E-state index contributed by atoms with van der Waals surface area (Å²) in [5, 5.41) is 2.09.